The van der Waals surface area contributed by atoms with Gasteiger partial charge in [-0.2, -0.15) is 0 Å². The number of nitrogens with two attached hydrogens (primary N) is 1. The lowest BCUT2D eigenvalue weighted by Gasteiger charge is -2.03. The highest BCUT2D eigenvalue weighted by Gasteiger charge is 2.18. The van der Waals surface area contributed by atoms with Gasteiger partial charge in [0.25, 0.3) is 0 Å². The lowest BCUT2D eigenvalue weighted by Crippen LogP contribution is -2.11. The second-order valence-corrected chi connectivity index (χ2v) is 7.94. The summed E-state index contributed by atoms with van der Waals surface area (Å²) in [5.74, 6) is 1.24. The molecule has 0 radical (unpaired) electrons. The van der Waals surface area contributed by atoms with Crippen molar-refractivity contribution in [3.8, 4) is 22.6 Å². The summed E-state index contributed by atoms with van der Waals surface area (Å²) < 4.78 is 29.1. The minimum Gasteiger partial charge on any atom is -0.440 e. The number of oxazole rings is 1. The predicted molar refractivity (Wildman–Crippen MR) is 108 cm³/mol. The van der Waals surface area contributed by atoms with Crippen molar-refractivity contribution in [3.63, 3.8) is 0 Å². The molecule has 0 amide bonds. The number of nitrogens with zero attached hydrogens (tertiary/aromatic N) is 1. The number of primary sulfonamides is 1. The van der Waals surface area contributed by atoms with Gasteiger partial charge in [0.05, 0.1) is 4.90 Å². The molecular formula is C22H18N2O3S. The maximum absolute atomic E-state index is 11.5. The second kappa shape index (κ2) is 7.42. The maximum Gasteiger partial charge on any atom is 0.238 e. The average Bonchev–Trinajstić information content (AvgIpc) is 3.13. The van der Waals surface area contributed by atoms with Crippen LogP contribution >= 0.6 is 0 Å². The Bertz CT molecular complexity index is 1180. The average molecular weight is 390 g/mol. The van der Waals surface area contributed by atoms with Crippen LogP contribution in [0.3, 0.4) is 0 Å². The first-order valence-electron chi connectivity index (χ1n) is 8.73. The lowest BCUT2D eigenvalue weighted by molar-refractivity contribution is 0.519. The molecule has 2 N–H and O–H groups in total. The zero-order valence-electron chi connectivity index (χ0n) is 14.9. The van der Waals surface area contributed by atoms with Crippen molar-refractivity contribution in [2.24, 2.45) is 5.14 Å². The second-order valence-electron chi connectivity index (χ2n) is 6.38. The molecular weight excluding hydrogens is 372 g/mol. The van der Waals surface area contributed by atoms with Gasteiger partial charge in [-0.1, -0.05) is 72.8 Å². The van der Waals surface area contributed by atoms with E-state index >= 15 is 0 Å². The van der Waals surface area contributed by atoms with Crippen molar-refractivity contribution in [1.82, 2.24) is 4.98 Å². The Hall–Kier alpha value is -3.22. The number of hydrogen-bond donors (Lipinski definition) is 1. The van der Waals surface area contributed by atoms with Gasteiger partial charge in [0.1, 0.15) is 5.69 Å². The van der Waals surface area contributed by atoms with E-state index in [1.165, 1.54) is 12.1 Å². The molecule has 0 bridgehead atoms. The van der Waals surface area contributed by atoms with E-state index in [2.05, 4.69) is 0 Å². The predicted octanol–water partition coefficient (Wildman–Crippen LogP) is 4.25. The number of rotatable bonds is 5. The number of hydrogen-bond acceptors (Lipinski definition) is 4. The van der Waals surface area contributed by atoms with E-state index in [1.807, 2.05) is 60.7 Å². The minimum absolute atomic E-state index is 0.0607. The van der Waals surface area contributed by atoms with Crippen LogP contribution in [0.4, 0.5) is 0 Å². The van der Waals surface area contributed by atoms with E-state index < -0.39 is 10.0 Å². The Kier molecular flexibility index (Phi) is 4.81. The summed E-state index contributed by atoms with van der Waals surface area (Å²) in [6.07, 6.45) is 0.565. The molecule has 0 saturated heterocycles. The van der Waals surface area contributed by atoms with Crippen LogP contribution in [0.2, 0.25) is 0 Å². The highest BCUT2D eigenvalue weighted by atomic mass is 32.2. The van der Waals surface area contributed by atoms with Crippen molar-refractivity contribution < 1.29 is 12.8 Å². The van der Waals surface area contributed by atoms with Crippen molar-refractivity contribution >= 4 is 10.0 Å². The van der Waals surface area contributed by atoms with E-state index in [0.717, 1.165) is 16.7 Å². The molecule has 140 valence electrons. The van der Waals surface area contributed by atoms with Crippen LogP contribution in [0.5, 0.6) is 0 Å². The number of sulfonamides is 1. The van der Waals surface area contributed by atoms with E-state index in [4.69, 9.17) is 14.5 Å². The first-order valence-corrected chi connectivity index (χ1v) is 10.3. The fourth-order valence-electron chi connectivity index (χ4n) is 2.99. The first-order chi connectivity index (χ1) is 13.5. The van der Waals surface area contributed by atoms with Gasteiger partial charge in [-0.25, -0.2) is 18.5 Å². The molecule has 4 aromatic rings. The highest BCUT2D eigenvalue weighted by molar-refractivity contribution is 7.89. The molecule has 4 rings (SSSR count). The van der Waals surface area contributed by atoms with Crippen LogP contribution < -0.4 is 5.14 Å². The summed E-state index contributed by atoms with van der Waals surface area (Å²) in [6, 6.07) is 26.0. The Balaban J connectivity index is 1.78. The minimum atomic E-state index is -3.74. The van der Waals surface area contributed by atoms with Gasteiger partial charge in [-0.3, -0.25) is 0 Å². The van der Waals surface area contributed by atoms with Gasteiger partial charge in [0, 0.05) is 17.5 Å². The smallest absolute Gasteiger partial charge is 0.238 e. The largest absolute Gasteiger partial charge is 0.440 e. The quantitative estimate of drug-likeness (QED) is 0.552. The van der Waals surface area contributed by atoms with Gasteiger partial charge in [-0.05, 0) is 17.7 Å². The van der Waals surface area contributed by atoms with Gasteiger partial charge < -0.3 is 4.42 Å². The Morgan fingerprint density at radius 1 is 0.786 bits per heavy atom. The van der Waals surface area contributed by atoms with Gasteiger partial charge in [0.15, 0.2) is 11.7 Å². The van der Waals surface area contributed by atoms with E-state index in [-0.39, 0.29) is 4.90 Å². The van der Waals surface area contributed by atoms with Crippen LogP contribution in [0.1, 0.15) is 11.5 Å². The monoisotopic (exact) mass is 390 g/mol. The zero-order chi connectivity index (χ0) is 19.6. The Morgan fingerprint density at radius 3 is 2.00 bits per heavy atom. The normalized spacial score (nSPS) is 11.5. The molecule has 0 saturated carbocycles. The summed E-state index contributed by atoms with van der Waals surface area (Å²) in [4.78, 5) is 4.76. The lowest BCUT2D eigenvalue weighted by atomic mass is 10.1. The number of benzene rings is 3. The third-order valence-electron chi connectivity index (χ3n) is 4.36. The van der Waals surface area contributed by atoms with Crippen LogP contribution in [-0.4, -0.2) is 13.4 Å². The first kappa shape index (κ1) is 18.2. The molecule has 0 fully saturated rings. The van der Waals surface area contributed by atoms with Crippen LogP contribution in [0, 0.1) is 0 Å². The summed E-state index contributed by atoms with van der Waals surface area (Å²) in [5, 5.41) is 5.19. The molecule has 0 aliphatic heterocycles. The summed E-state index contributed by atoms with van der Waals surface area (Å²) in [6.45, 7) is 0. The maximum atomic E-state index is 11.5. The van der Waals surface area contributed by atoms with Crippen molar-refractivity contribution in [2.45, 2.75) is 11.3 Å². The molecule has 1 heterocycles. The Morgan fingerprint density at radius 2 is 1.39 bits per heavy atom. The SMILES string of the molecule is NS(=O)(=O)c1ccc(-c2nc(Cc3ccccc3)oc2-c2ccccc2)cc1. The fourth-order valence-corrected chi connectivity index (χ4v) is 3.51. The summed E-state index contributed by atoms with van der Waals surface area (Å²) in [7, 11) is -3.74. The number of aromatic nitrogens is 1. The van der Waals surface area contributed by atoms with Crippen LogP contribution in [-0.2, 0) is 16.4 Å². The standard InChI is InChI=1S/C22H18N2O3S/c23-28(25,26)19-13-11-17(12-14-19)21-22(18-9-5-2-6-10-18)27-20(24-21)15-16-7-3-1-4-8-16/h1-14H,15H2,(H2,23,25,26). The molecule has 0 aliphatic rings. The molecule has 3 aromatic carbocycles. The van der Waals surface area contributed by atoms with Gasteiger partial charge in [0.2, 0.25) is 10.0 Å². The summed E-state index contributed by atoms with van der Waals surface area (Å²) in [5.41, 5.74) is 3.42. The third kappa shape index (κ3) is 3.88. The van der Waals surface area contributed by atoms with E-state index in [0.29, 0.717) is 23.8 Å². The van der Waals surface area contributed by atoms with Crippen molar-refractivity contribution in [1.29, 1.82) is 0 Å². The topological polar surface area (TPSA) is 86.2 Å². The molecule has 6 heteroatoms. The molecule has 0 atom stereocenters. The Labute approximate surface area is 163 Å². The fraction of sp³-hybridized carbons (Fsp3) is 0.0455. The zero-order valence-corrected chi connectivity index (χ0v) is 15.8. The highest BCUT2D eigenvalue weighted by Crippen LogP contribution is 2.33. The van der Waals surface area contributed by atoms with Gasteiger partial charge in [-0.15, -0.1) is 0 Å². The molecule has 0 aliphatic carbocycles. The van der Waals surface area contributed by atoms with Crippen molar-refractivity contribution in [2.75, 3.05) is 0 Å². The molecule has 5 nitrogen and oxygen atoms in total. The van der Waals surface area contributed by atoms with Crippen LogP contribution in [0.15, 0.2) is 94.2 Å². The molecule has 0 spiro atoms. The summed E-state index contributed by atoms with van der Waals surface area (Å²) >= 11 is 0. The van der Waals surface area contributed by atoms with Crippen LogP contribution in [0.25, 0.3) is 22.6 Å². The molecule has 1 aromatic heterocycles. The third-order valence-corrected chi connectivity index (χ3v) is 5.29. The molecule has 28 heavy (non-hydrogen) atoms. The van der Waals surface area contributed by atoms with E-state index in [9.17, 15) is 8.42 Å². The van der Waals surface area contributed by atoms with Gasteiger partial charge >= 0.3 is 0 Å². The van der Waals surface area contributed by atoms with Crippen molar-refractivity contribution in [3.05, 3.63) is 96.4 Å². The van der Waals surface area contributed by atoms with E-state index in [1.54, 1.807) is 12.1 Å². The molecule has 0 unspecified atom stereocenters.